The second kappa shape index (κ2) is 12.6. The van der Waals surface area contributed by atoms with Crippen molar-refractivity contribution in [1.82, 2.24) is 9.80 Å². The molecule has 2 aromatic carbocycles. The molecule has 1 aliphatic rings. The van der Waals surface area contributed by atoms with E-state index in [2.05, 4.69) is 56.9 Å². The summed E-state index contributed by atoms with van der Waals surface area (Å²) in [6.07, 6.45) is 6.22. The molecule has 0 heterocycles. The van der Waals surface area contributed by atoms with Crippen molar-refractivity contribution < 1.29 is 9.53 Å². The first-order chi connectivity index (χ1) is 16.3. The minimum Gasteiger partial charge on any atom is -0.410 e. The van der Waals surface area contributed by atoms with Gasteiger partial charge in [0.25, 0.3) is 0 Å². The van der Waals surface area contributed by atoms with Gasteiger partial charge in [0.15, 0.2) is 0 Å². The van der Waals surface area contributed by atoms with Gasteiger partial charge in [0, 0.05) is 36.7 Å². The van der Waals surface area contributed by atoms with E-state index in [0.717, 1.165) is 32.2 Å². The van der Waals surface area contributed by atoms with E-state index < -0.39 is 0 Å². The van der Waals surface area contributed by atoms with Crippen LogP contribution in [0.5, 0.6) is 5.75 Å². The van der Waals surface area contributed by atoms with Crippen molar-refractivity contribution in [2.75, 3.05) is 7.05 Å². The van der Waals surface area contributed by atoms with E-state index in [1.165, 1.54) is 24.0 Å². The minimum absolute atomic E-state index is 0.218. The number of benzene rings is 2. The third kappa shape index (κ3) is 6.99. The molecule has 1 aliphatic carbocycles. The molecule has 0 aliphatic heterocycles. The average molecular weight is 485 g/mol. The van der Waals surface area contributed by atoms with Gasteiger partial charge >= 0.3 is 6.09 Å². The Morgan fingerprint density at radius 3 is 2.03 bits per heavy atom. The van der Waals surface area contributed by atoms with Crippen molar-refractivity contribution in [1.29, 1.82) is 0 Å². The summed E-state index contributed by atoms with van der Waals surface area (Å²) in [6.45, 7) is 10.2. The van der Waals surface area contributed by atoms with E-state index in [9.17, 15) is 4.79 Å². The molecule has 0 bridgehead atoms. The highest BCUT2D eigenvalue weighted by Gasteiger charge is 2.28. The molecule has 0 aromatic heterocycles. The highest BCUT2D eigenvalue weighted by atomic mass is 35.5. The van der Waals surface area contributed by atoms with Gasteiger partial charge in [0.1, 0.15) is 5.75 Å². The molecule has 2 atom stereocenters. The van der Waals surface area contributed by atoms with E-state index in [1.54, 1.807) is 29.2 Å². The van der Waals surface area contributed by atoms with Crippen LogP contribution in [0.4, 0.5) is 4.79 Å². The van der Waals surface area contributed by atoms with Gasteiger partial charge in [-0.1, -0.05) is 49.7 Å². The summed E-state index contributed by atoms with van der Waals surface area (Å²) in [6, 6.07) is 17.6. The van der Waals surface area contributed by atoms with E-state index >= 15 is 0 Å². The van der Waals surface area contributed by atoms with E-state index in [0.29, 0.717) is 28.8 Å². The predicted molar refractivity (Wildman–Crippen MR) is 142 cm³/mol. The van der Waals surface area contributed by atoms with Crippen LogP contribution in [0.25, 0.3) is 0 Å². The predicted octanol–water partition coefficient (Wildman–Crippen LogP) is 7.90. The number of carbonyl (C=O) groups is 1. The quantitative estimate of drug-likeness (QED) is 0.362. The lowest BCUT2D eigenvalue weighted by molar-refractivity contribution is 0.130. The third-order valence-corrected chi connectivity index (χ3v) is 7.93. The number of hydrogen-bond acceptors (Lipinski definition) is 3. The zero-order valence-electron chi connectivity index (χ0n) is 21.5. The number of nitrogens with zero attached hydrogens (tertiary/aromatic N) is 2. The van der Waals surface area contributed by atoms with Crippen LogP contribution < -0.4 is 4.74 Å². The number of hydrogen-bond donors (Lipinski definition) is 0. The molecule has 0 radical (unpaired) electrons. The second-order valence-electron chi connectivity index (χ2n) is 9.87. The summed E-state index contributed by atoms with van der Waals surface area (Å²) in [5.41, 5.74) is 2.81. The second-order valence-corrected chi connectivity index (χ2v) is 10.3. The summed E-state index contributed by atoms with van der Waals surface area (Å²) in [5.74, 6) is 1.08. The molecule has 5 heteroatoms. The zero-order valence-corrected chi connectivity index (χ0v) is 22.2. The van der Waals surface area contributed by atoms with Crippen LogP contribution in [0, 0.1) is 0 Å². The molecule has 4 nitrogen and oxygen atoms in total. The summed E-state index contributed by atoms with van der Waals surface area (Å²) in [4.78, 5) is 17.0. The maximum atomic E-state index is 12.6. The van der Waals surface area contributed by atoms with Gasteiger partial charge in [-0.05, 0) is 93.7 Å². The average Bonchev–Trinajstić information content (AvgIpc) is 2.87. The number of amides is 1. The van der Waals surface area contributed by atoms with E-state index in [1.807, 2.05) is 7.05 Å². The first-order valence-corrected chi connectivity index (χ1v) is 13.2. The number of carbonyl (C=O) groups excluding carboxylic acids is 1. The van der Waals surface area contributed by atoms with Crippen molar-refractivity contribution in [3.05, 3.63) is 64.7 Å². The van der Waals surface area contributed by atoms with Crippen molar-refractivity contribution in [2.45, 2.75) is 96.8 Å². The van der Waals surface area contributed by atoms with Crippen LogP contribution in [0.2, 0.25) is 5.02 Å². The Labute approximate surface area is 211 Å². The largest absolute Gasteiger partial charge is 0.415 e. The number of halogens is 1. The molecule has 0 spiro atoms. The normalized spacial score (nSPS) is 20.1. The standard InChI is InChI=1S/C29H41ClN2O2/c1-6-21(3)32(22(4)7-2)20-23-8-10-24(11-9-23)25-12-16-27(17-13-25)31(5)29(33)34-28-18-14-26(30)15-19-28/h8-11,14-15,18-19,21-22,25,27H,6-7,12-13,16-17,20H2,1-5H3. The fourth-order valence-corrected chi connectivity index (χ4v) is 5.07. The summed E-state index contributed by atoms with van der Waals surface area (Å²) in [7, 11) is 1.85. The molecule has 186 valence electrons. The van der Waals surface area contributed by atoms with Crippen LogP contribution in [-0.4, -0.2) is 41.1 Å². The molecule has 2 unspecified atom stereocenters. The highest BCUT2D eigenvalue weighted by Crippen LogP contribution is 2.35. The number of rotatable bonds is 9. The van der Waals surface area contributed by atoms with Gasteiger partial charge in [-0.2, -0.15) is 0 Å². The fraction of sp³-hybridized carbons (Fsp3) is 0.552. The Bertz CT molecular complexity index is 881. The van der Waals surface area contributed by atoms with E-state index in [4.69, 9.17) is 16.3 Å². The van der Waals surface area contributed by atoms with Crippen molar-refractivity contribution in [3.63, 3.8) is 0 Å². The molecular formula is C29H41ClN2O2. The van der Waals surface area contributed by atoms with E-state index in [-0.39, 0.29) is 12.1 Å². The Morgan fingerprint density at radius 2 is 1.50 bits per heavy atom. The van der Waals surface area contributed by atoms with Gasteiger partial charge < -0.3 is 9.64 Å². The maximum Gasteiger partial charge on any atom is 0.415 e. The van der Waals surface area contributed by atoms with Crippen LogP contribution in [0.3, 0.4) is 0 Å². The van der Waals surface area contributed by atoms with Gasteiger partial charge in [-0.3, -0.25) is 4.90 Å². The number of ether oxygens (including phenoxy) is 1. The Kier molecular flexibility index (Phi) is 9.85. The molecule has 0 N–H and O–H groups in total. The van der Waals surface area contributed by atoms with Gasteiger partial charge in [0.2, 0.25) is 0 Å². The Balaban J connectivity index is 1.52. The third-order valence-electron chi connectivity index (χ3n) is 7.68. The summed E-state index contributed by atoms with van der Waals surface area (Å²) in [5, 5.41) is 0.628. The lowest BCUT2D eigenvalue weighted by Crippen LogP contribution is -2.40. The zero-order chi connectivity index (χ0) is 24.7. The minimum atomic E-state index is -0.303. The molecule has 3 rings (SSSR count). The smallest absolute Gasteiger partial charge is 0.410 e. The van der Waals surface area contributed by atoms with Gasteiger partial charge in [0.05, 0.1) is 0 Å². The molecule has 1 fully saturated rings. The topological polar surface area (TPSA) is 32.8 Å². The van der Waals surface area contributed by atoms with Crippen LogP contribution >= 0.6 is 11.6 Å². The lowest BCUT2D eigenvalue weighted by atomic mass is 9.81. The van der Waals surface area contributed by atoms with Crippen molar-refractivity contribution >= 4 is 17.7 Å². The van der Waals surface area contributed by atoms with Gasteiger partial charge in [-0.15, -0.1) is 0 Å². The summed E-state index contributed by atoms with van der Waals surface area (Å²) >= 11 is 5.91. The van der Waals surface area contributed by atoms with Crippen LogP contribution in [0.15, 0.2) is 48.5 Å². The van der Waals surface area contributed by atoms with Crippen molar-refractivity contribution in [2.24, 2.45) is 0 Å². The Hall–Kier alpha value is -2.04. The Morgan fingerprint density at radius 1 is 0.941 bits per heavy atom. The van der Waals surface area contributed by atoms with Crippen LogP contribution in [0.1, 0.15) is 83.3 Å². The first-order valence-electron chi connectivity index (χ1n) is 12.9. The molecule has 0 saturated heterocycles. The summed E-state index contributed by atoms with van der Waals surface area (Å²) < 4.78 is 5.51. The first kappa shape index (κ1) is 26.6. The lowest BCUT2D eigenvalue weighted by Gasteiger charge is -2.35. The monoisotopic (exact) mass is 484 g/mol. The van der Waals surface area contributed by atoms with Crippen molar-refractivity contribution in [3.8, 4) is 5.75 Å². The van der Waals surface area contributed by atoms with Gasteiger partial charge in [-0.25, -0.2) is 4.79 Å². The maximum absolute atomic E-state index is 12.6. The SMILES string of the molecule is CCC(C)N(Cc1ccc(C2CCC(N(C)C(=O)Oc3ccc(Cl)cc3)CC2)cc1)C(C)CC. The van der Waals surface area contributed by atoms with Crippen LogP contribution in [-0.2, 0) is 6.54 Å². The molecule has 1 saturated carbocycles. The molecule has 2 aromatic rings. The fourth-order valence-electron chi connectivity index (χ4n) is 4.94. The molecule has 34 heavy (non-hydrogen) atoms. The molecule has 1 amide bonds. The highest BCUT2D eigenvalue weighted by molar-refractivity contribution is 6.30. The molecular weight excluding hydrogens is 444 g/mol.